The minimum atomic E-state index is -2.35. The van der Waals surface area contributed by atoms with Crippen LogP contribution in [0.1, 0.15) is 12.8 Å². The second-order valence-electron chi connectivity index (χ2n) is 3.85. The van der Waals surface area contributed by atoms with Crippen LogP contribution in [0, 0.1) is 0 Å². The lowest BCUT2D eigenvalue weighted by Crippen LogP contribution is -2.24. The molecule has 0 unspecified atom stereocenters. The third kappa shape index (κ3) is 3.37. The molecule has 90 valence electrons. The summed E-state index contributed by atoms with van der Waals surface area (Å²) < 4.78 is 25.5. The van der Waals surface area contributed by atoms with Gasteiger partial charge in [-0.25, -0.2) is 8.78 Å². The van der Waals surface area contributed by atoms with Crippen LogP contribution in [0.3, 0.4) is 0 Å². The van der Waals surface area contributed by atoms with Crippen molar-refractivity contribution in [3.8, 4) is 0 Å². The Bertz CT molecular complexity index is 324. The summed E-state index contributed by atoms with van der Waals surface area (Å²) in [5.41, 5.74) is 0. The molecule has 6 heteroatoms. The van der Waals surface area contributed by atoms with E-state index in [1.165, 1.54) is 4.68 Å². The van der Waals surface area contributed by atoms with Gasteiger partial charge in [0.1, 0.15) is 12.4 Å². The summed E-state index contributed by atoms with van der Waals surface area (Å²) in [7, 11) is 0. The molecule has 1 aromatic heterocycles. The molecule has 2 heterocycles. The number of rotatable bonds is 4. The molecule has 1 aliphatic heterocycles. The van der Waals surface area contributed by atoms with Crippen molar-refractivity contribution in [1.82, 2.24) is 9.78 Å². The van der Waals surface area contributed by atoms with Crippen molar-refractivity contribution in [3.63, 3.8) is 0 Å². The third-order valence-corrected chi connectivity index (χ3v) is 3.59. The van der Waals surface area contributed by atoms with Gasteiger partial charge < -0.3 is 5.32 Å². The topological polar surface area (TPSA) is 29.9 Å². The van der Waals surface area contributed by atoms with Crippen LogP contribution in [0.25, 0.3) is 0 Å². The van der Waals surface area contributed by atoms with Crippen LogP contribution in [0.4, 0.5) is 14.6 Å². The number of hydrogen-bond donors (Lipinski definition) is 1. The highest BCUT2D eigenvalue weighted by atomic mass is 32.2. The Morgan fingerprint density at radius 2 is 2.25 bits per heavy atom. The van der Waals surface area contributed by atoms with Crippen molar-refractivity contribution in [2.45, 2.75) is 31.9 Å². The highest BCUT2D eigenvalue weighted by molar-refractivity contribution is 7.99. The predicted molar refractivity (Wildman–Crippen MR) is 62.2 cm³/mol. The Morgan fingerprint density at radius 3 is 2.94 bits per heavy atom. The van der Waals surface area contributed by atoms with Crippen molar-refractivity contribution < 1.29 is 8.78 Å². The summed E-state index contributed by atoms with van der Waals surface area (Å²) in [6.07, 6.45) is 1.48. The summed E-state index contributed by atoms with van der Waals surface area (Å²) in [6.45, 7) is -0.331. The highest BCUT2D eigenvalue weighted by Gasteiger charge is 2.14. The summed E-state index contributed by atoms with van der Waals surface area (Å²) in [5.74, 6) is 3.03. The van der Waals surface area contributed by atoms with E-state index in [0.29, 0.717) is 11.9 Å². The zero-order chi connectivity index (χ0) is 11.4. The molecule has 1 fully saturated rings. The molecule has 0 spiro atoms. The first-order valence-electron chi connectivity index (χ1n) is 5.40. The number of anilines is 1. The summed E-state index contributed by atoms with van der Waals surface area (Å²) in [4.78, 5) is 0. The number of halogens is 2. The van der Waals surface area contributed by atoms with E-state index in [2.05, 4.69) is 10.4 Å². The lowest BCUT2D eigenvalue weighted by molar-refractivity contribution is 0.122. The van der Waals surface area contributed by atoms with Crippen molar-refractivity contribution in [3.05, 3.63) is 12.3 Å². The maximum atomic E-state index is 12.1. The van der Waals surface area contributed by atoms with E-state index in [9.17, 15) is 8.78 Å². The fraction of sp³-hybridized carbons (Fsp3) is 0.700. The van der Waals surface area contributed by atoms with Crippen LogP contribution in [0.2, 0.25) is 0 Å². The highest BCUT2D eigenvalue weighted by Crippen LogP contribution is 2.20. The molecular weight excluding hydrogens is 232 g/mol. The van der Waals surface area contributed by atoms with Crippen LogP contribution in [0.15, 0.2) is 12.3 Å². The molecule has 1 aliphatic rings. The summed E-state index contributed by atoms with van der Waals surface area (Å²) in [6, 6.07) is 2.19. The summed E-state index contributed by atoms with van der Waals surface area (Å²) >= 11 is 1.96. The molecule has 0 saturated carbocycles. The van der Waals surface area contributed by atoms with E-state index < -0.39 is 6.43 Å². The maximum absolute atomic E-state index is 12.1. The van der Waals surface area contributed by atoms with Crippen molar-refractivity contribution in [1.29, 1.82) is 0 Å². The van der Waals surface area contributed by atoms with Crippen LogP contribution >= 0.6 is 11.8 Å². The second kappa shape index (κ2) is 5.52. The van der Waals surface area contributed by atoms with Gasteiger partial charge in [-0.05, 0) is 24.3 Å². The normalized spacial score (nSPS) is 17.9. The van der Waals surface area contributed by atoms with Gasteiger partial charge in [0.2, 0.25) is 0 Å². The Labute approximate surface area is 97.6 Å². The standard InChI is InChI=1S/C10H15F2N3S/c11-9(12)7-15-4-1-10(14-15)13-8-2-5-16-6-3-8/h1,4,8-9H,2-3,5-7H2,(H,13,14). The Balaban J connectivity index is 1.86. The van der Waals surface area contributed by atoms with Crippen molar-refractivity contribution in [2.75, 3.05) is 16.8 Å². The van der Waals surface area contributed by atoms with E-state index in [1.807, 2.05) is 11.8 Å². The number of aromatic nitrogens is 2. The first-order valence-corrected chi connectivity index (χ1v) is 6.55. The monoisotopic (exact) mass is 247 g/mol. The zero-order valence-electron chi connectivity index (χ0n) is 8.90. The number of nitrogens with one attached hydrogen (secondary N) is 1. The quantitative estimate of drug-likeness (QED) is 0.886. The second-order valence-corrected chi connectivity index (χ2v) is 5.07. The lowest BCUT2D eigenvalue weighted by atomic mass is 10.1. The molecule has 0 radical (unpaired) electrons. The number of thioether (sulfide) groups is 1. The van der Waals surface area contributed by atoms with Crippen molar-refractivity contribution in [2.24, 2.45) is 0 Å². The molecule has 3 nitrogen and oxygen atoms in total. The molecule has 1 N–H and O–H groups in total. The van der Waals surface area contributed by atoms with Gasteiger partial charge in [-0.3, -0.25) is 4.68 Å². The Kier molecular flexibility index (Phi) is 4.04. The molecule has 0 atom stereocenters. The molecule has 2 rings (SSSR count). The first-order chi connectivity index (χ1) is 7.74. The Hall–Kier alpha value is -0.780. The Morgan fingerprint density at radius 1 is 1.50 bits per heavy atom. The number of nitrogens with zero attached hydrogens (tertiary/aromatic N) is 2. The van der Waals surface area contributed by atoms with Gasteiger partial charge in [0.15, 0.2) is 0 Å². The molecule has 1 aromatic rings. The largest absolute Gasteiger partial charge is 0.366 e. The average molecular weight is 247 g/mol. The van der Waals surface area contributed by atoms with Gasteiger partial charge in [-0.15, -0.1) is 0 Å². The lowest BCUT2D eigenvalue weighted by Gasteiger charge is -2.22. The van der Waals surface area contributed by atoms with E-state index in [4.69, 9.17) is 0 Å². The predicted octanol–water partition coefficient (Wildman–Crippen LogP) is 2.46. The SMILES string of the molecule is FC(F)Cn1ccc(NC2CCSCC2)n1. The molecular formula is C10H15F2N3S. The number of alkyl halides is 2. The van der Waals surface area contributed by atoms with Crippen LogP contribution in [0.5, 0.6) is 0 Å². The van der Waals surface area contributed by atoms with Crippen LogP contribution in [-0.2, 0) is 6.54 Å². The smallest absolute Gasteiger partial charge is 0.257 e. The van der Waals surface area contributed by atoms with E-state index in [-0.39, 0.29) is 6.54 Å². The van der Waals surface area contributed by atoms with Gasteiger partial charge in [-0.1, -0.05) is 0 Å². The van der Waals surface area contributed by atoms with Gasteiger partial charge in [0.25, 0.3) is 6.43 Å². The third-order valence-electron chi connectivity index (χ3n) is 2.54. The molecule has 16 heavy (non-hydrogen) atoms. The summed E-state index contributed by atoms with van der Waals surface area (Å²) in [5, 5.41) is 7.35. The zero-order valence-corrected chi connectivity index (χ0v) is 9.72. The minimum absolute atomic E-state index is 0.331. The fourth-order valence-corrected chi connectivity index (χ4v) is 2.84. The van der Waals surface area contributed by atoms with Gasteiger partial charge >= 0.3 is 0 Å². The van der Waals surface area contributed by atoms with E-state index >= 15 is 0 Å². The first kappa shape index (κ1) is 11.7. The van der Waals surface area contributed by atoms with Crippen LogP contribution < -0.4 is 5.32 Å². The molecule has 0 aromatic carbocycles. The van der Waals surface area contributed by atoms with Crippen molar-refractivity contribution >= 4 is 17.6 Å². The van der Waals surface area contributed by atoms with E-state index in [1.54, 1.807) is 12.3 Å². The maximum Gasteiger partial charge on any atom is 0.257 e. The van der Waals surface area contributed by atoms with E-state index in [0.717, 1.165) is 24.3 Å². The van der Waals surface area contributed by atoms with Crippen LogP contribution in [-0.4, -0.2) is 33.8 Å². The molecule has 1 saturated heterocycles. The van der Waals surface area contributed by atoms with Gasteiger partial charge in [-0.2, -0.15) is 16.9 Å². The molecule has 0 amide bonds. The molecule has 0 aliphatic carbocycles. The van der Waals surface area contributed by atoms with Gasteiger partial charge in [0.05, 0.1) is 0 Å². The molecule has 0 bridgehead atoms. The minimum Gasteiger partial charge on any atom is -0.366 e. The van der Waals surface area contributed by atoms with Gasteiger partial charge in [0, 0.05) is 18.3 Å². The average Bonchev–Trinajstić information content (AvgIpc) is 2.66. The number of hydrogen-bond acceptors (Lipinski definition) is 3. The fourth-order valence-electron chi connectivity index (χ4n) is 1.73.